The number of hydrogen-bond acceptors (Lipinski definition) is 3. The first-order valence-electron chi connectivity index (χ1n) is 5.90. The van der Waals surface area contributed by atoms with Gasteiger partial charge in [-0.25, -0.2) is 13.8 Å². The summed E-state index contributed by atoms with van der Waals surface area (Å²) in [6.07, 6.45) is -1.39. The van der Waals surface area contributed by atoms with E-state index in [1.54, 1.807) is 6.07 Å². The minimum absolute atomic E-state index is 0.0869. The summed E-state index contributed by atoms with van der Waals surface area (Å²) in [6.45, 7) is 1.99. The van der Waals surface area contributed by atoms with Gasteiger partial charge in [0.25, 0.3) is 0 Å². The highest BCUT2D eigenvalue weighted by atomic mass is 19.3. The molecule has 0 unspecified atom stereocenters. The predicted molar refractivity (Wildman–Crippen MR) is 62.7 cm³/mol. The molecule has 0 spiro atoms. The number of ether oxygens (including phenoxy) is 1. The molecule has 1 N–H and O–H groups in total. The van der Waals surface area contributed by atoms with Crippen LogP contribution in [0.2, 0.25) is 0 Å². The van der Waals surface area contributed by atoms with E-state index in [2.05, 4.69) is 15.0 Å². The number of pyridine rings is 1. The highest BCUT2D eigenvalue weighted by Crippen LogP contribution is 2.23. The molecule has 3 nitrogen and oxygen atoms in total. The molecular formula is C12H16F4N2O. The molecule has 0 aliphatic heterocycles. The highest BCUT2D eigenvalue weighted by molar-refractivity contribution is 5.20. The van der Waals surface area contributed by atoms with Crippen LogP contribution in [0.15, 0.2) is 18.3 Å². The van der Waals surface area contributed by atoms with Crippen molar-refractivity contribution < 1.29 is 22.3 Å². The van der Waals surface area contributed by atoms with Crippen LogP contribution in [-0.4, -0.2) is 30.5 Å². The van der Waals surface area contributed by atoms with Crippen LogP contribution in [0.3, 0.4) is 0 Å². The molecule has 0 saturated carbocycles. The van der Waals surface area contributed by atoms with Crippen molar-refractivity contribution in [1.29, 1.82) is 0 Å². The Morgan fingerprint density at radius 2 is 2.16 bits per heavy atom. The van der Waals surface area contributed by atoms with Gasteiger partial charge in [-0.2, -0.15) is 8.78 Å². The van der Waals surface area contributed by atoms with Crippen LogP contribution >= 0.6 is 0 Å². The van der Waals surface area contributed by atoms with Gasteiger partial charge >= 0.3 is 12.3 Å². The van der Waals surface area contributed by atoms with Crippen LogP contribution in [0.1, 0.15) is 18.9 Å². The fourth-order valence-corrected chi connectivity index (χ4v) is 1.28. The molecular weight excluding hydrogens is 264 g/mol. The second-order valence-corrected chi connectivity index (χ2v) is 4.03. The average Bonchev–Trinajstić information content (AvgIpc) is 2.37. The molecule has 0 aliphatic rings. The molecule has 1 heterocycles. The zero-order valence-electron chi connectivity index (χ0n) is 10.5. The smallest absolute Gasteiger partial charge is 0.340 e. The molecule has 0 aromatic carbocycles. The van der Waals surface area contributed by atoms with Gasteiger partial charge in [0.15, 0.2) is 6.61 Å². The Kier molecular flexibility index (Phi) is 6.01. The van der Waals surface area contributed by atoms with E-state index in [4.69, 9.17) is 0 Å². The van der Waals surface area contributed by atoms with Gasteiger partial charge in [-0.1, -0.05) is 6.92 Å². The zero-order valence-corrected chi connectivity index (χ0v) is 10.5. The van der Waals surface area contributed by atoms with Crippen LogP contribution in [0.4, 0.5) is 17.6 Å². The van der Waals surface area contributed by atoms with Gasteiger partial charge in [0.1, 0.15) is 0 Å². The molecule has 0 aliphatic carbocycles. The van der Waals surface area contributed by atoms with Gasteiger partial charge in [-0.05, 0) is 24.6 Å². The largest absolute Gasteiger partial charge is 0.471 e. The standard InChI is InChI=1S/C12H16F4N2O/c1-2-4-17-7-9-3-5-18-10(6-9)19-8-12(15,16)11(13)14/h3,5-6,11,17H,2,4,7-8H2,1H3. The van der Waals surface area contributed by atoms with Crippen molar-refractivity contribution in [2.45, 2.75) is 32.2 Å². The first-order valence-corrected chi connectivity index (χ1v) is 5.90. The van der Waals surface area contributed by atoms with Gasteiger partial charge in [0.2, 0.25) is 5.88 Å². The second kappa shape index (κ2) is 7.28. The first-order chi connectivity index (χ1) is 8.95. The van der Waals surface area contributed by atoms with E-state index in [1.165, 1.54) is 12.3 Å². The molecule has 1 rings (SSSR count). The van der Waals surface area contributed by atoms with Crippen molar-refractivity contribution in [3.63, 3.8) is 0 Å². The maximum absolute atomic E-state index is 12.7. The molecule has 0 atom stereocenters. The minimum atomic E-state index is -4.17. The van der Waals surface area contributed by atoms with Crippen LogP contribution in [0.5, 0.6) is 5.88 Å². The summed E-state index contributed by atoms with van der Waals surface area (Å²) in [5.74, 6) is -4.26. The van der Waals surface area contributed by atoms with E-state index >= 15 is 0 Å². The normalized spacial score (nSPS) is 11.9. The summed E-state index contributed by atoms with van der Waals surface area (Å²) >= 11 is 0. The second-order valence-electron chi connectivity index (χ2n) is 4.03. The molecule has 108 valence electrons. The zero-order chi connectivity index (χ0) is 14.3. The Morgan fingerprint density at radius 1 is 1.42 bits per heavy atom. The van der Waals surface area contributed by atoms with Crippen LogP contribution in [-0.2, 0) is 6.54 Å². The molecule has 0 bridgehead atoms. The Balaban J connectivity index is 2.52. The van der Waals surface area contributed by atoms with Crippen LogP contribution in [0, 0.1) is 0 Å². The van der Waals surface area contributed by atoms with Gasteiger partial charge in [-0.15, -0.1) is 0 Å². The minimum Gasteiger partial charge on any atom is -0.471 e. The van der Waals surface area contributed by atoms with E-state index < -0.39 is 19.0 Å². The van der Waals surface area contributed by atoms with E-state index in [-0.39, 0.29) is 5.88 Å². The third-order valence-corrected chi connectivity index (χ3v) is 2.29. The number of nitrogens with zero attached hydrogens (tertiary/aromatic N) is 1. The maximum Gasteiger partial charge on any atom is 0.340 e. The molecule has 1 aromatic heterocycles. The number of alkyl halides is 4. The Morgan fingerprint density at radius 3 is 2.79 bits per heavy atom. The van der Waals surface area contributed by atoms with Crippen molar-refractivity contribution in [3.05, 3.63) is 23.9 Å². The average molecular weight is 280 g/mol. The molecule has 0 radical (unpaired) electrons. The van der Waals surface area contributed by atoms with E-state index in [1.807, 2.05) is 6.92 Å². The quantitative estimate of drug-likeness (QED) is 0.587. The Labute approximate surface area is 109 Å². The molecule has 19 heavy (non-hydrogen) atoms. The monoisotopic (exact) mass is 280 g/mol. The van der Waals surface area contributed by atoms with Gasteiger partial charge < -0.3 is 10.1 Å². The topological polar surface area (TPSA) is 34.2 Å². The van der Waals surface area contributed by atoms with Crippen LogP contribution < -0.4 is 10.1 Å². The lowest BCUT2D eigenvalue weighted by molar-refractivity contribution is -0.148. The summed E-state index contributed by atoms with van der Waals surface area (Å²) in [7, 11) is 0. The van der Waals surface area contributed by atoms with E-state index in [0.29, 0.717) is 6.54 Å². The Bertz CT molecular complexity index is 388. The third kappa shape index (κ3) is 5.42. The predicted octanol–water partition coefficient (Wildman–Crippen LogP) is 2.86. The number of hydrogen-bond donors (Lipinski definition) is 1. The van der Waals surface area contributed by atoms with E-state index in [9.17, 15) is 17.6 Å². The molecule has 1 aromatic rings. The molecule has 7 heteroatoms. The van der Waals surface area contributed by atoms with Crippen molar-refractivity contribution in [2.24, 2.45) is 0 Å². The lowest BCUT2D eigenvalue weighted by atomic mass is 10.2. The lowest BCUT2D eigenvalue weighted by Crippen LogP contribution is -2.33. The number of aromatic nitrogens is 1. The lowest BCUT2D eigenvalue weighted by Gasteiger charge is -2.15. The fraction of sp³-hybridized carbons (Fsp3) is 0.583. The summed E-state index contributed by atoms with van der Waals surface area (Å²) in [5.41, 5.74) is 0.791. The summed E-state index contributed by atoms with van der Waals surface area (Å²) in [6, 6.07) is 3.14. The molecule has 0 saturated heterocycles. The summed E-state index contributed by atoms with van der Waals surface area (Å²) in [4.78, 5) is 3.70. The molecule has 0 fully saturated rings. The summed E-state index contributed by atoms with van der Waals surface area (Å²) < 4.78 is 53.8. The number of halogens is 4. The fourth-order valence-electron chi connectivity index (χ4n) is 1.28. The third-order valence-electron chi connectivity index (χ3n) is 2.29. The SMILES string of the molecule is CCCNCc1ccnc(OCC(F)(F)C(F)F)c1. The summed E-state index contributed by atoms with van der Waals surface area (Å²) in [5, 5.41) is 3.12. The van der Waals surface area contributed by atoms with E-state index in [0.717, 1.165) is 18.5 Å². The van der Waals surface area contributed by atoms with Crippen molar-refractivity contribution in [3.8, 4) is 5.88 Å². The number of rotatable bonds is 8. The van der Waals surface area contributed by atoms with Crippen molar-refractivity contribution in [1.82, 2.24) is 10.3 Å². The number of nitrogens with one attached hydrogen (secondary N) is 1. The van der Waals surface area contributed by atoms with Crippen LogP contribution in [0.25, 0.3) is 0 Å². The Hall–Kier alpha value is -1.37. The van der Waals surface area contributed by atoms with Crippen molar-refractivity contribution in [2.75, 3.05) is 13.2 Å². The highest BCUT2D eigenvalue weighted by Gasteiger charge is 2.41. The first kappa shape index (κ1) is 15.7. The molecule has 0 amide bonds. The van der Waals surface area contributed by atoms with Gasteiger partial charge in [0, 0.05) is 18.8 Å². The van der Waals surface area contributed by atoms with Gasteiger partial charge in [0.05, 0.1) is 0 Å². The maximum atomic E-state index is 12.7. The van der Waals surface area contributed by atoms with Crippen molar-refractivity contribution >= 4 is 0 Å². The van der Waals surface area contributed by atoms with Gasteiger partial charge in [-0.3, -0.25) is 0 Å².